The number of ether oxygens (including phenoxy) is 2. The number of imidazole rings is 1. The van der Waals surface area contributed by atoms with Gasteiger partial charge in [-0.05, 0) is 45.1 Å². The zero-order valence-corrected chi connectivity index (χ0v) is 17.6. The number of fused-ring (bicyclic) bond motifs is 1. The van der Waals surface area contributed by atoms with Gasteiger partial charge in [0.15, 0.2) is 11.2 Å². The summed E-state index contributed by atoms with van der Waals surface area (Å²) in [4.78, 5) is 29.9. The van der Waals surface area contributed by atoms with Crippen molar-refractivity contribution >= 4 is 23.3 Å². The molecular formula is C21H26N4O4. The summed E-state index contributed by atoms with van der Waals surface area (Å²) >= 11 is 0. The summed E-state index contributed by atoms with van der Waals surface area (Å²) in [5.41, 5.74) is 1.89. The topological polar surface area (TPSA) is 80.3 Å². The van der Waals surface area contributed by atoms with Gasteiger partial charge < -0.3 is 14.0 Å². The lowest BCUT2D eigenvalue weighted by molar-refractivity contribution is 0.388. The van der Waals surface area contributed by atoms with Crippen molar-refractivity contribution in [1.82, 2.24) is 18.7 Å². The summed E-state index contributed by atoms with van der Waals surface area (Å²) in [6, 6.07) is 3.77. The van der Waals surface area contributed by atoms with Gasteiger partial charge in [0.05, 0.1) is 14.2 Å². The zero-order valence-electron chi connectivity index (χ0n) is 17.6. The highest BCUT2D eigenvalue weighted by Crippen LogP contribution is 2.32. The van der Waals surface area contributed by atoms with E-state index in [0.717, 1.165) is 16.9 Å². The Morgan fingerprint density at radius 3 is 2.31 bits per heavy atom. The Hall–Kier alpha value is -3.29. The highest BCUT2D eigenvalue weighted by molar-refractivity contribution is 5.78. The van der Waals surface area contributed by atoms with Crippen LogP contribution in [0.1, 0.15) is 30.8 Å². The summed E-state index contributed by atoms with van der Waals surface area (Å²) < 4.78 is 15.4. The molecule has 154 valence electrons. The summed E-state index contributed by atoms with van der Waals surface area (Å²) in [5.74, 6) is 2.02. The van der Waals surface area contributed by atoms with Gasteiger partial charge in [-0.1, -0.05) is 0 Å². The molecule has 3 aromatic rings. The van der Waals surface area contributed by atoms with Crippen molar-refractivity contribution in [2.45, 2.75) is 33.9 Å². The van der Waals surface area contributed by atoms with Crippen LogP contribution in [0, 0.1) is 6.92 Å². The fourth-order valence-corrected chi connectivity index (χ4v) is 3.57. The molecule has 0 radical (unpaired) electrons. The van der Waals surface area contributed by atoms with Crippen LogP contribution in [0.4, 0.5) is 0 Å². The van der Waals surface area contributed by atoms with Gasteiger partial charge >= 0.3 is 5.69 Å². The van der Waals surface area contributed by atoms with Gasteiger partial charge in [0.1, 0.15) is 17.3 Å². The second-order valence-corrected chi connectivity index (χ2v) is 6.63. The minimum atomic E-state index is -0.339. The first-order chi connectivity index (χ1) is 13.9. The SMILES string of the molecule is CCn1c(=O)c2c(nc(C=Cc3ccc(OC)c(C)c3OC)n2C)n(CC)c1=O. The van der Waals surface area contributed by atoms with Gasteiger partial charge in [-0.2, -0.15) is 0 Å². The number of aryl methyl sites for hydroxylation is 2. The molecule has 0 amide bonds. The monoisotopic (exact) mass is 398 g/mol. The average Bonchev–Trinajstić information content (AvgIpc) is 3.03. The number of hydrogen-bond acceptors (Lipinski definition) is 5. The van der Waals surface area contributed by atoms with Crippen molar-refractivity contribution in [3.63, 3.8) is 0 Å². The van der Waals surface area contributed by atoms with Crippen LogP contribution in [0.2, 0.25) is 0 Å². The van der Waals surface area contributed by atoms with Crippen molar-refractivity contribution in [2.75, 3.05) is 14.2 Å². The molecule has 0 N–H and O–H groups in total. The van der Waals surface area contributed by atoms with Crippen LogP contribution >= 0.6 is 0 Å². The zero-order chi connectivity index (χ0) is 21.3. The van der Waals surface area contributed by atoms with Gasteiger partial charge in [-0.15, -0.1) is 0 Å². The van der Waals surface area contributed by atoms with E-state index in [0.29, 0.717) is 35.8 Å². The largest absolute Gasteiger partial charge is 0.496 e. The van der Waals surface area contributed by atoms with E-state index in [1.165, 1.54) is 9.13 Å². The Morgan fingerprint density at radius 1 is 1.03 bits per heavy atom. The molecule has 2 aromatic heterocycles. The van der Waals surface area contributed by atoms with E-state index in [2.05, 4.69) is 4.98 Å². The van der Waals surface area contributed by atoms with Crippen molar-refractivity contribution in [1.29, 1.82) is 0 Å². The molecule has 0 aliphatic carbocycles. The summed E-state index contributed by atoms with van der Waals surface area (Å²) in [7, 11) is 5.01. The van der Waals surface area contributed by atoms with E-state index in [-0.39, 0.29) is 11.2 Å². The predicted molar refractivity (Wildman–Crippen MR) is 114 cm³/mol. The summed E-state index contributed by atoms with van der Waals surface area (Å²) in [5, 5.41) is 0. The van der Waals surface area contributed by atoms with Crippen LogP contribution < -0.4 is 20.7 Å². The van der Waals surface area contributed by atoms with Gasteiger partial charge in [0, 0.05) is 31.3 Å². The first-order valence-electron chi connectivity index (χ1n) is 9.49. The second-order valence-electron chi connectivity index (χ2n) is 6.63. The highest BCUT2D eigenvalue weighted by Gasteiger charge is 2.18. The van der Waals surface area contributed by atoms with Crippen LogP contribution in [0.15, 0.2) is 21.7 Å². The van der Waals surface area contributed by atoms with Crippen LogP contribution in [0.3, 0.4) is 0 Å². The Kier molecular flexibility index (Phi) is 5.63. The first-order valence-corrected chi connectivity index (χ1v) is 9.49. The van der Waals surface area contributed by atoms with Gasteiger partial charge in [0.2, 0.25) is 0 Å². The van der Waals surface area contributed by atoms with Crippen LogP contribution in [0.25, 0.3) is 23.3 Å². The number of aromatic nitrogens is 4. The minimum Gasteiger partial charge on any atom is -0.496 e. The number of hydrogen-bond donors (Lipinski definition) is 0. The maximum Gasteiger partial charge on any atom is 0.332 e. The van der Waals surface area contributed by atoms with Crippen LogP contribution in [-0.2, 0) is 20.1 Å². The molecule has 0 unspecified atom stereocenters. The number of methoxy groups -OCH3 is 2. The molecule has 0 saturated carbocycles. The van der Waals surface area contributed by atoms with E-state index in [1.807, 2.05) is 38.1 Å². The molecule has 3 rings (SSSR count). The van der Waals surface area contributed by atoms with Crippen molar-refractivity contribution in [2.24, 2.45) is 7.05 Å². The summed E-state index contributed by atoms with van der Waals surface area (Å²) in [6.45, 7) is 6.31. The molecule has 0 atom stereocenters. The Balaban J connectivity index is 2.19. The fraction of sp³-hybridized carbons (Fsp3) is 0.381. The third-order valence-electron chi connectivity index (χ3n) is 5.13. The second kappa shape index (κ2) is 7.98. The van der Waals surface area contributed by atoms with E-state index >= 15 is 0 Å². The maximum atomic E-state index is 12.8. The molecule has 0 aliphatic rings. The molecule has 29 heavy (non-hydrogen) atoms. The Labute approximate surface area is 168 Å². The van der Waals surface area contributed by atoms with Gasteiger partial charge in [0.25, 0.3) is 5.56 Å². The number of nitrogens with zero attached hydrogens (tertiary/aromatic N) is 4. The first kappa shape index (κ1) is 20.4. The lowest BCUT2D eigenvalue weighted by Gasteiger charge is -2.12. The van der Waals surface area contributed by atoms with E-state index < -0.39 is 0 Å². The highest BCUT2D eigenvalue weighted by atomic mass is 16.5. The molecule has 8 heteroatoms. The Morgan fingerprint density at radius 2 is 1.72 bits per heavy atom. The lowest BCUT2D eigenvalue weighted by Crippen LogP contribution is -2.39. The summed E-state index contributed by atoms with van der Waals surface area (Å²) in [6.07, 6.45) is 3.68. The molecule has 0 fully saturated rings. The van der Waals surface area contributed by atoms with Crippen LogP contribution in [-0.4, -0.2) is 32.9 Å². The Bertz CT molecular complexity index is 1210. The minimum absolute atomic E-state index is 0.312. The number of rotatable bonds is 6. The van der Waals surface area contributed by atoms with E-state index in [9.17, 15) is 9.59 Å². The normalized spacial score (nSPS) is 11.5. The number of benzene rings is 1. The molecule has 0 saturated heterocycles. The molecule has 1 aromatic carbocycles. The van der Waals surface area contributed by atoms with Gasteiger partial charge in [-0.25, -0.2) is 9.78 Å². The average molecular weight is 398 g/mol. The van der Waals surface area contributed by atoms with Gasteiger partial charge in [-0.3, -0.25) is 13.9 Å². The van der Waals surface area contributed by atoms with E-state index in [1.54, 1.807) is 32.8 Å². The molecular weight excluding hydrogens is 372 g/mol. The third-order valence-corrected chi connectivity index (χ3v) is 5.13. The standard InChI is InChI=1S/C21H26N4O4/c1-7-24-19-17(20(26)25(8-2)21(24)27)23(4)16(22-19)12-10-14-9-11-15(28-5)13(3)18(14)29-6/h9-12H,7-8H2,1-6H3. The maximum absolute atomic E-state index is 12.8. The molecule has 0 bridgehead atoms. The van der Waals surface area contributed by atoms with Crippen molar-refractivity contribution in [3.05, 3.63) is 49.9 Å². The fourth-order valence-electron chi connectivity index (χ4n) is 3.57. The third kappa shape index (κ3) is 3.24. The lowest BCUT2D eigenvalue weighted by atomic mass is 10.1. The predicted octanol–water partition coefficient (Wildman–Crippen LogP) is 2.43. The quantitative estimate of drug-likeness (QED) is 0.637. The molecule has 0 aliphatic heterocycles. The van der Waals surface area contributed by atoms with Crippen LogP contribution in [0.5, 0.6) is 11.5 Å². The van der Waals surface area contributed by atoms with Crippen molar-refractivity contribution < 1.29 is 9.47 Å². The molecule has 0 spiro atoms. The van der Waals surface area contributed by atoms with E-state index in [4.69, 9.17) is 9.47 Å². The molecule has 2 heterocycles. The van der Waals surface area contributed by atoms with Crippen molar-refractivity contribution in [3.8, 4) is 11.5 Å². The smallest absolute Gasteiger partial charge is 0.332 e. The molecule has 8 nitrogen and oxygen atoms in total.